The molecule has 0 bridgehead atoms. The van der Waals surface area contributed by atoms with Crippen LogP contribution in [0.25, 0.3) is 0 Å². The Bertz CT molecular complexity index is 592. The summed E-state index contributed by atoms with van der Waals surface area (Å²) in [6, 6.07) is 0. The molecule has 1 fully saturated rings. The Hall–Kier alpha value is -1.82. The summed E-state index contributed by atoms with van der Waals surface area (Å²) in [7, 11) is 2.07. The van der Waals surface area contributed by atoms with Crippen LogP contribution in [-0.4, -0.2) is 66.0 Å². The van der Waals surface area contributed by atoms with Gasteiger partial charge in [0.2, 0.25) is 0 Å². The lowest BCUT2D eigenvalue weighted by molar-refractivity contribution is 0.0376. The number of amides is 1. The normalized spacial score (nSPS) is 16.5. The van der Waals surface area contributed by atoms with E-state index in [-0.39, 0.29) is 18.0 Å². The van der Waals surface area contributed by atoms with Crippen molar-refractivity contribution in [3.8, 4) is 0 Å². The number of hydrogen-bond donors (Lipinski definition) is 1. The van der Waals surface area contributed by atoms with Gasteiger partial charge in [-0.05, 0) is 53.3 Å². The van der Waals surface area contributed by atoms with E-state index in [1.807, 2.05) is 18.7 Å². The van der Waals surface area contributed by atoms with Gasteiger partial charge < -0.3 is 19.5 Å². The maximum Gasteiger partial charge on any atom is 0.340 e. The summed E-state index contributed by atoms with van der Waals surface area (Å²) in [5.41, 5.74) is 2.34. The number of aryl methyl sites for hydroxylation is 1. The second kappa shape index (κ2) is 7.17. The zero-order valence-electron chi connectivity index (χ0n) is 14.7. The zero-order valence-corrected chi connectivity index (χ0v) is 14.7. The Kier molecular flexibility index (Phi) is 5.46. The number of carbonyl (C=O) groups excluding carboxylic acids is 2. The van der Waals surface area contributed by atoms with E-state index < -0.39 is 0 Å². The molecule has 6 nitrogen and oxygen atoms in total. The van der Waals surface area contributed by atoms with E-state index in [1.165, 1.54) is 0 Å². The monoisotopic (exact) mass is 321 g/mol. The van der Waals surface area contributed by atoms with Crippen molar-refractivity contribution in [2.24, 2.45) is 0 Å². The molecule has 0 radical (unpaired) electrons. The summed E-state index contributed by atoms with van der Waals surface area (Å²) >= 11 is 0. The molecule has 1 saturated heterocycles. The van der Waals surface area contributed by atoms with Crippen LogP contribution in [0.3, 0.4) is 0 Å². The number of aromatic nitrogens is 1. The summed E-state index contributed by atoms with van der Waals surface area (Å²) in [5.74, 6) is -0.412. The number of hydrogen-bond acceptors (Lipinski definition) is 4. The molecule has 0 saturated carbocycles. The van der Waals surface area contributed by atoms with Crippen molar-refractivity contribution in [2.45, 2.75) is 40.2 Å². The van der Waals surface area contributed by atoms with E-state index in [0.29, 0.717) is 29.1 Å². The van der Waals surface area contributed by atoms with Crippen LogP contribution in [0.15, 0.2) is 0 Å². The maximum absolute atomic E-state index is 12.8. The Labute approximate surface area is 137 Å². The molecule has 0 unspecified atom stereocenters. The summed E-state index contributed by atoms with van der Waals surface area (Å²) in [6.07, 6.45) is 0.778. The van der Waals surface area contributed by atoms with Crippen LogP contribution in [0.1, 0.15) is 52.4 Å². The number of aromatic amines is 1. The van der Waals surface area contributed by atoms with Gasteiger partial charge in [-0.3, -0.25) is 4.79 Å². The molecule has 1 aromatic heterocycles. The van der Waals surface area contributed by atoms with E-state index >= 15 is 0 Å². The highest BCUT2D eigenvalue weighted by atomic mass is 16.5. The highest BCUT2D eigenvalue weighted by Crippen LogP contribution is 2.21. The second-order valence-corrected chi connectivity index (χ2v) is 6.53. The third-order valence-electron chi connectivity index (χ3n) is 4.20. The number of esters is 1. The van der Waals surface area contributed by atoms with Crippen LogP contribution in [0, 0.1) is 13.8 Å². The maximum atomic E-state index is 12.8. The third kappa shape index (κ3) is 3.93. The lowest BCUT2D eigenvalue weighted by atomic mass is 10.1. The van der Waals surface area contributed by atoms with E-state index in [9.17, 15) is 9.59 Å². The summed E-state index contributed by atoms with van der Waals surface area (Å²) in [5, 5.41) is 0. The quantitative estimate of drug-likeness (QED) is 0.865. The number of rotatable bonds is 3. The molecule has 1 aliphatic rings. The Morgan fingerprint density at radius 2 is 1.83 bits per heavy atom. The lowest BCUT2D eigenvalue weighted by Gasteiger charge is -2.20. The van der Waals surface area contributed by atoms with Gasteiger partial charge in [0.05, 0.1) is 11.7 Å². The van der Waals surface area contributed by atoms with Crippen LogP contribution in [-0.2, 0) is 4.74 Å². The number of carbonyl (C=O) groups is 2. The first kappa shape index (κ1) is 17.5. The molecular weight excluding hydrogens is 294 g/mol. The molecule has 0 aliphatic carbocycles. The van der Waals surface area contributed by atoms with Crippen LogP contribution in [0.4, 0.5) is 0 Å². The van der Waals surface area contributed by atoms with E-state index in [0.717, 1.165) is 26.1 Å². The molecule has 0 spiro atoms. The molecule has 6 heteroatoms. The van der Waals surface area contributed by atoms with Crippen molar-refractivity contribution in [1.82, 2.24) is 14.8 Å². The molecule has 23 heavy (non-hydrogen) atoms. The Balaban J connectivity index is 2.23. The van der Waals surface area contributed by atoms with Crippen molar-refractivity contribution < 1.29 is 14.3 Å². The third-order valence-corrected chi connectivity index (χ3v) is 4.20. The lowest BCUT2D eigenvalue weighted by Crippen LogP contribution is -2.35. The fourth-order valence-corrected chi connectivity index (χ4v) is 2.95. The fourth-order valence-electron chi connectivity index (χ4n) is 2.95. The summed E-state index contributed by atoms with van der Waals surface area (Å²) in [6.45, 7) is 10.6. The first-order valence-electron chi connectivity index (χ1n) is 8.19. The number of ether oxygens (including phenoxy) is 1. The van der Waals surface area contributed by atoms with Gasteiger partial charge in [0.1, 0.15) is 5.69 Å². The van der Waals surface area contributed by atoms with Gasteiger partial charge in [-0.25, -0.2) is 4.79 Å². The Morgan fingerprint density at radius 1 is 1.13 bits per heavy atom. The molecular formula is C17H27N3O3. The van der Waals surface area contributed by atoms with Gasteiger partial charge in [-0.1, -0.05) is 0 Å². The van der Waals surface area contributed by atoms with Crippen LogP contribution in [0.5, 0.6) is 0 Å². The molecule has 1 N–H and O–H groups in total. The molecule has 1 aliphatic heterocycles. The van der Waals surface area contributed by atoms with Crippen LogP contribution < -0.4 is 0 Å². The van der Waals surface area contributed by atoms with Crippen LogP contribution in [0.2, 0.25) is 0 Å². The van der Waals surface area contributed by atoms with Crippen LogP contribution >= 0.6 is 0 Å². The first-order chi connectivity index (χ1) is 10.8. The minimum absolute atomic E-state index is 0.0375. The SMILES string of the molecule is Cc1[nH]c(C(=O)N2CCCN(C)CC2)c(C)c1C(=O)OC(C)C. The van der Waals surface area contributed by atoms with Gasteiger partial charge in [0.15, 0.2) is 0 Å². The van der Waals surface area contributed by atoms with Gasteiger partial charge in [-0.15, -0.1) is 0 Å². The van der Waals surface area contributed by atoms with Crippen molar-refractivity contribution in [2.75, 3.05) is 33.2 Å². The average molecular weight is 321 g/mol. The van der Waals surface area contributed by atoms with Gasteiger partial charge in [0.25, 0.3) is 5.91 Å². The average Bonchev–Trinajstić information content (AvgIpc) is 2.62. The predicted molar refractivity (Wildman–Crippen MR) is 88.8 cm³/mol. The van der Waals surface area contributed by atoms with E-state index in [2.05, 4.69) is 16.9 Å². The predicted octanol–water partition coefficient (Wildman–Crippen LogP) is 1.97. The number of nitrogens with one attached hydrogen (secondary N) is 1. The van der Waals surface area contributed by atoms with Crippen molar-refractivity contribution in [3.63, 3.8) is 0 Å². The van der Waals surface area contributed by atoms with Crippen molar-refractivity contribution in [3.05, 3.63) is 22.5 Å². The molecule has 1 amide bonds. The highest BCUT2D eigenvalue weighted by molar-refractivity contribution is 6.00. The summed E-state index contributed by atoms with van der Waals surface area (Å²) in [4.78, 5) is 32.2. The standard InChI is InChI=1S/C17H27N3O3/c1-11(2)23-17(22)14-12(3)15(18-13(14)4)16(21)20-8-6-7-19(5)9-10-20/h11,18H,6-10H2,1-5H3. The minimum Gasteiger partial charge on any atom is -0.459 e. The number of nitrogens with zero attached hydrogens (tertiary/aromatic N) is 2. The van der Waals surface area contributed by atoms with Gasteiger partial charge >= 0.3 is 5.97 Å². The summed E-state index contributed by atoms with van der Waals surface area (Å²) < 4.78 is 5.28. The van der Waals surface area contributed by atoms with Gasteiger partial charge in [0, 0.05) is 25.3 Å². The minimum atomic E-state index is -0.374. The molecule has 1 aromatic rings. The van der Waals surface area contributed by atoms with Crippen molar-refractivity contribution >= 4 is 11.9 Å². The number of H-pyrrole nitrogens is 1. The number of likely N-dealkylation sites (N-methyl/N-ethyl adjacent to an activating group) is 1. The van der Waals surface area contributed by atoms with E-state index in [4.69, 9.17) is 4.74 Å². The largest absolute Gasteiger partial charge is 0.459 e. The second-order valence-electron chi connectivity index (χ2n) is 6.53. The Morgan fingerprint density at radius 3 is 2.48 bits per heavy atom. The molecule has 2 heterocycles. The molecule has 128 valence electrons. The topological polar surface area (TPSA) is 65.6 Å². The first-order valence-corrected chi connectivity index (χ1v) is 8.19. The fraction of sp³-hybridized carbons (Fsp3) is 0.647. The van der Waals surface area contributed by atoms with Gasteiger partial charge in [-0.2, -0.15) is 0 Å². The van der Waals surface area contributed by atoms with Crippen molar-refractivity contribution in [1.29, 1.82) is 0 Å². The zero-order chi connectivity index (χ0) is 17.1. The molecule has 0 atom stereocenters. The highest BCUT2D eigenvalue weighted by Gasteiger charge is 2.27. The van der Waals surface area contributed by atoms with E-state index in [1.54, 1.807) is 13.8 Å². The smallest absolute Gasteiger partial charge is 0.340 e. The molecule has 0 aromatic carbocycles. The molecule has 2 rings (SSSR count).